The number of ether oxygens (including phenoxy) is 1. The third-order valence-electron chi connectivity index (χ3n) is 3.23. The van der Waals surface area contributed by atoms with Gasteiger partial charge in [0.1, 0.15) is 0 Å². The summed E-state index contributed by atoms with van der Waals surface area (Å²) >= 11 is 0. The lowest BCUT2D eigenvalue weighted by Gasteiger charge is -2.11. The van der Waals surface area contributed by atoms with E-state index in [1.807, 2.05) is 0 Å². The molecule has 0 saturated carbocycles. The van der Waals surface area contributed by atoms with E-state index in [0.29, 0.717) is 25.7 Å². The zero-order chi connectivity index (χ0) is 12.8. The fourth-order valence-corrected chi connectivity index (χ4v) is 2.30. The van der Waals surface area contributed by atoms with Crippen LogP contribution in [-0.4, -0.2) is 38.8 Å². The first-order chi connectivity index (χ1) is 8.79. The van der Waals surface area contributed by atoms with Crippen LogP contribution in [0.3, 0.4) is 0 Å². The first-order valence-corrected chi connectivity index (χ1v) is 6.35. The Morgan fingerprint density at radius 1 is 1.33 bits per heavy atom. The second-order valence-corrected chi connectivity index (χ2v) is 4.60. The van der Waals surface area contributed by atoms with Crippen molar-refractivity contribution in [2.75, 3.05) is 26.8 Å². The topological polar surface area (TPSA) is 50.4 Å². The smallest absolute Gasteiger partial charge is 0.234 e. The molecule has 1 aromatic carbocycles. The van der Waals surface area contributed by atoms with Gasteiger partial charge < -0.3 is 15.4 Å². The lowest BCUT2D eigenvalue weighted by molar-refractivity contribution is -0.120. The molecular weight excluding hydrogens is 228 g/mol. The molecule has 1 aliphatic rings. The van der Waals surface area contributed by atoms with Crippen LogP contribution in [0, 0.1) is 0 Å². The Kier molecular flexibility index (Phi) is 4.73. The molecule has 0 unspecified atom stereocenters. The summed E-state index contributed by atoms with van der Waals surface area (Å²) < 4.78 is 4.88. The van der Waals surface area contributed by atoms with Gasteiger partial charge in [0, 0.05) is 19.7 Å². The van der Waals surface area contributed by atoms with Crippen LogP contribution in [0.25, 0.3) is 0 Å². The number of carbonyl (C=O) groups excluding carboxylic acids is 1. The fourth-order valence-electron chi connectivity index (χ4n) is 2.30. The van der Waals surface area contributed by atoms with Gasteiger partial charge in [0.15, 0.2) is 0 Å². The largest absolute Gasteiger partial charge is 0.383 e. The Hall–Kier alpha value is -1.39. The number of carbonyl (C=O) groups is 1. The van der Waals surface area contributed by atoms with E-state index in [1.165, 1.54) is 11.1 Å². The monoisotopic (exact) mass is 248 g/mol. The molecule has 0 atom stereocenters. The molecule has 4 nitrogen and oxygen atoms in total. The number of benzene rings is 1. The summed E-state index contributed by atoms with van der Waals surface area (Å²) in [6, 6.07) is 8.85. The van der Waals surface area contributed by atoms with Crippen LogP contribution in [0.2, 0.25) is 0 Å². The molecule has 1 aliphatic carbocycles. The van der Waals surface area contributed by atoms with Crippen molar-refractivity contribution >= 4 is 5.91 Å². The van der Waals surface area contributed by atoms with Crippen molar-refractivity contribution in [3.05, 3.63) is 35.4 Å². The Labute approximate surface area is 108 Å². The lowest BCUT2D eigenvalue weighted by Crippen LogP contribution is -2.40. The van der Waals surface area contributed by atoms with Crippen LogP contribution in [0.15, 0.2) is 24.3 Å². The highest BCUT2D eigenvalue weighted by Crippen LogP contribution is 2.21. The van der Waals surface area contributed by atoms with Crippen LogP contribution in [0.1, 0.15) is 11.1 Å². The molecule has 2 rings (SSSR count). The first-order valence-electron chi connectivity index (χ1n) is 6.35. The molecule has 0 aliphatic heterocycles. The summed E-state index contributed by atoms with van der Waals surface area (Å²) in [4.78, 5) is 11.5. The van der Waals surface area contributed by atoms with E-state index >= 15 is 0 Å². The molecule has 0 spiro atoms. The predicted octanol–water partition coefficient (Wildman–Crippen LogP) is 0.506. The Morgan fingerprint density at radius 3 is 2.61 bits per heavy atom. The Bertz CT molecular complexity index is 382. The highest BCUT2D eigenvalue weighted by atomic mass is 16.5. The maximum absolute atomic E-state index is 11.5. The minimum Gasteiger partial charge on any atom is -0.383 e. The third-order valence-corrected chi connectivity index (χ3v) is 3.23. The minimum atomic E-state index is 0.0306. The van der Waals surface area contributed by atoms with E-state index in [0.717, 1.165) is 12.8 Å². The number of methoxy groups -OCH3 is 1. The van der Waals surface area contributed by atoms with Crippen LogP contribution < -0.4 is 10.6 Å². The van der Waals surface area contributed by atoms with Crippen LogP contribution >= 0.6 is 0 Å². The number of amides is 1. The van der Waals surface area contributed by atoms with Crippen molar-refractivity contribution in [3.8, 4) is 0 Å². The number of rotatable bonds is 6. The van der Waals surface area contributed by atoms with Crippen LogP contribution in [0.4, 0.5) is 0 Å². The summed E-state index contributed by atoms with van der Waals surface area (Å²) in [6.07, 6.45) is 2.03. The van der Waals surface area contributed by atoms with Crippen molar-refractivity contribution in [1.29, 1.82) is 0 Å². The van der Waals surface area contributed by atoms with Crippen LogP contribution in [-0.2, 0) is 22.4 Å². The van der Waals surface area contributed by atoms with Gasteiger partial charge in [-0.2, -0.15) is 0 Å². The molecule has 0 radical (unpaired) electrons. The summed E-state index contributed by atoms with van der Waals surface area (Å²) in [5.74, 6) is 0.0306. The molecule has 0 fully saturated rings. The molecule has 0 bridgehead atoms. The van der Waals surface area contributed by atoms with E-state index in [1.54, 1.807) is 7.11 Å². The second kappa shape index (κ2) is 6.52. The van der Waals surface area contributed by atoms with Gasteiger partial charge in [-0.25, -0.2) is 0 Å². The molecule has 0 heterocycles. The maximum Gasteiger partial charge on any atom is 0.234 e. The van der Waals surface area contributed by atoms with Gasteiger partial charge in [-0.1, -0.05) is 24.3 Å². The molecule has 18 heavy (non-hydrogen) atoms. The first kappa shape index (κ1) is 13.1. The predicted molar refractivity (Wildman–Crippen MR) is 70.5 cm³/mol. The number of nitrogens with one attached hydrogen (secondary N) is 2. The molecule has 0 aromatic heterocycles. The maximum atomic E-state index is 11.5. The highest BCUT2D eigenvalue weighted by Gasteiger charge is 2.20. The number of hydrogen-bond donors (Lipinski definition) is 2. The van der Waals surface area contributed by atoms with Crippen molar-refractivity contribution < 1.29 is 9.53 Å². The van der Waals surface area contributed by atoms with Gasteiger partial charge in [-0.15, -0.1) is 0 Å². The summed E-state index contributed by atoms with van der Waals surface area (Å²) in [7, 11) is 1.63. The van der Waals surface area contributed by atoms with Crippen molar-refractivity contribution in [2.24, 2.45) is 0 Å². The third kappa shape index (κ3) is 3.55. The molecule has 2 N–H and O–H groups in total. The zero-order valence-corrected chi connectivity index (χ0v) is 10.7. The van der Waals surface area contributed by atoms with Crippen molar-refractivity contribution in [1.82, 2.24) is 10.6 Å². The highest BCUT2D eigenvalue weighted by molar-refractivity contribution is 5.78. The van der Waals surface area contributed by atoms with E-state index in [9.17, 15) is 4.79 Å². The van der Waals surface area contributed by atoms with Crippen molar-refractivity contribution in [3.63, 3.8) is 0 Å². The molecular formula is C14H20N2O2. The van der Waals surface area contributed by atoms with Gasteiger partial charge in [-0.3, -0.25) is 4.79 Å². The quantitative estimate of drug-likeness (QED) is 0.721. The molecule has 1 aromatic rings. The van der Waals surface area contributed by atoms with Gasteiger partial charge in [0.25, 0.3) is 0 Å². The molecule has 4 heteroatoms. The SMILES string of the molecule is COCCNC(=O)CNC1Cc2ccccc2C1. The van der Waals surface area contributed by atoms with Gasteiger partial charge >= 0.3 is 0 Å². The van der Waals surface area contributed by atoms with Gasteiger partial charge in [0.05, 0.1) is 13.2 Å². The average Bonchev–Trinajstić information content (AvgIpc) is 2.79. The van der Waals surface area contributed by atoms with Gasteiger partial charge in [-0.05, 0) is 24.0 Å². The Morgan fingerprint density at radius 2 is 2.00 bits per heavy atom. The standard InChI is InChI=1S/C14H20N2O2/c1-18-7-6-15-14(17)10-16-13-8-11-4-2-3-5-12(11)9-13/h2-5,13,16H,6-10H2,1H3,(H,15,17). The average molecular weight is 248 g/mol. The lowest BCUT2D eigenvalue weighted by atomic mass is 10.1. The second-order valence-electron chi connectivity index (χ2n) is 4.60. The normalized spacial score (nSPS) is 14.5. The van der Waals surface area contributed by atoms with Gasteiger partial charge in [0.2, 0.25) is 5.91 Å². The minimum absolute atomic E-state index is 0.0306. The zero-order valence-electron chi connectivity index (χ0n) is 10.7. The van der Waals surface area contributed by atoms with E-state index < -0.39 is 0 Å². The summed E-state index contributed by atoms with van der Waals surface area (Å²) in [6.45, 7) is 1.50. The van der Waals surface area contributed by atoms with Crippen molar-refractivity contribution in [2.45, 2.75) is 18.9 Å². The number of fused-ring (bicyclic) bond motifs is 1. The molecule has 98 valence electrons. The van der Waals surface area contributed by atoms with Crippen LogP contribution in [0.5, 0.6) is 0 Å². The van der Waals surface area contributed by atoms with E-state index in [-0.39, 0.29) is 5.91 Å². The fraction of sp³-hybridized carbons (Fsp3) is 0.500. The van der Waals surface area contributed by atoms with E-state index in [4.69, 9.17) is 4.74 Å². The molecule has 1 amide bonds. The van der Waals surface area contributed by atoms with E-state index in [2.05, 4.69) is 34.9 Å². The summed E-state index contributed by atoms with van der Waals surface area (Å²) in [5.41, 5.74) is 2.80. The number of hydrogen-bond acceptors (Lipinski definition) is 3. The Balaban J connectivity index is 1.69. The molecule has 0 saturated heterocycles. The summed E-state index contributed by atoms with van der Waals surface area (Å²) in [5, 5.41) is 6.10.